The zero-order valence-electron chi connectivity index (χ0n) is 17.1. The molecule has 0 N–H and O–H groups in total. The predicted octanol–water partition coefficient (Wildman–Crippen LogP) is 2.68. The molecule has 164 valence electrons. The number of aryl methyl sites for hydroxylation is 2. The summed E-state index contributed by atoms with van der Waals surface area (Å²) in [5.41, 5.74) is -0.436. The van der Waals surface area contributed by atoms with Crippen LogP contribution in [0.4, 0.5) is 13.2 Å². The van der Waals surface area contributed by atoms with Crippen molar-refractivity contribution in [2.24, 2.45) is 0 Å². The molecule has 1 saturated heterocycles. The number of amides is 1. The van der Waals surface area contributed by atoms with E-state index in [9.17, 15) is 22.8 Å². The average molecular weight is 434 g/mol. The smallest absolute Gasteiger partial charge is 0.378 e. The van der Waals surface area contributed by atoms with Crippen molar-refractivity contribution in [1.82, 2.24) is 19.2 Å². The SMILES string of the molecule is Cc1ccc(-n2nc(C)c3c(C(F)(F)F)cc(=O)n(CC(=O)N4CCOCC4)c32)cc1. The number of fused-ring (bicyclic) bond motifs is 1. The Morgan fingerprint density at radius 2 is 1.77 bits per heavy atom. The largest absolute Gasteiger partial charge is 0.417 e. The lowest BCUT2D eigenvalue weighted by Gasteiger charge is -2.27. The number of hydrogen-bond acceptors (Lipinski definition) is 4. The van der Waals surface area contributed by atoms with E-state index in [1.54, 1.807) is 29.2 Å². The summed E-state index contributed by atoms with van der Waals surface area (Å²) in [6.07, 6.45) is -4.74. The summed E-state index contributed by atoms with van der Waals surface area (Å²) in [7, 11) is 0. The van der Waals surface area contributed by atoms with Crippen LogP contribution in [-0.2, 0) is 22.3 Å². The van der Waals surface area contributed by atoms with Gasteiger partial charge in [-0.2, -0.15) is 18.3 Å². The van der Waals surface area contributed by atoms with Crippen molar-refractivity contribution >= 4 is 16.9 Å². The molecule has 2 aromatic heterocycles. The molecule has 1 amide bonds. The summed E-state index contributed by atoms with van der Waals surface area (Å²) in [6, 6.07) is 7.56. The molecule has 0 spiro atoms. The van der Waals surface area contributed by atoms with Crippen LogP contribution in [0.5, 0.6) is 0 Å². The maximum absolute atomic E-state index is 13.8. The first-order chi connectivity index (χ1) is 14.7. The molecule has 3 aromatic rings. The van der Waals surface area contributed by atoms with Gasteiger partial charge >= 0.3 is 6.18 Å². The monoisotopic (exact) mass is 434 g/mol. The van der Waals surface area contributed by atoms with Gasteiger partial charge in [-0.15, -0.1) is 0 Å². The Hall–Kier alpha value is -3.14. The van der Waals surface area contributed by atoms with E-state index in [1.807, 2.05) is 6.92 Å². The number of halogens is 3. The number of nitrogens with zero attached hydrogens (tertiary/aromatic N) is 4. The summed E-state index contributed by atoms with van der Waals surface area (Å²) in [6.45, 7) is 4.45. The highest BCUT2D eigenvalue weighted by molar-refractivity contribution is 5.86. The van der Waals surface area contributed by atoms with Crippen LogP contribution in [0, 0.1) is 13.8 Å². The fraction of sp³-hybridized carbons (Fsp3) is 0.381. The van der Waals surface area contributed by atoms with Gasteiger partial charge in [-0.05, 0) is 26.0 Å². The average Bonchev–Trinajstić information content (AvgIpc) is 3.07. The molecule has 4 rings (SSSR count). The van der Waals surface area contributed by atoms with Crippen LogP contribution in [0.25, 0.3) is 16.7 Å². The van der Waals surface area contributed by atoms with E-state index >= 15 is 0 Å². The topological polar surface area (TPSA) is 69.4 Å². The normalized spacial score (nSPS) is 14.9. The first-order valence-electron chi connectivity index (χ1n) is 9.80. The maximum Gasteiger partial charge on any atom is 0.417 e. The number of carbonyl (C=O) groups is 1. The Morgan fingerprint density at radius 1 is 1.13 bits per heavy atom. The third-order valence-corrected chi connectivity index (χ3v) is 5.34. The van der Waals surface area contributed by atoms with E-state index < -0.39 is 17.3 Å². The Balaban J connectivity index is 1.94. The van der Waals surface area contributed by atoms with E-state index in [1.165, 1.54) is 11.6 Å². The van der Waals surface area contributed by atoms with Gasteiger partial charge in [0.05, 0.1) is 35.5 Å². The van der Waals surface area contributed by atoms with Crippen LogP contribution in [0.1, 0.15) is 16.8 Å². The lowest BCUT2D eigenvalue weighted by molar-refractivity contribution is -0.136. The lowest BCUT2D eigenvalue weighted by Crippen LogP contribution is -2.43. The summed E-state index contributed by atoms with van der Waals surface area (Å²) < 4.78 is 48.9. The van der Waals surface area contributed by atoms with Gasteiger partial charge in [0.2, 0.25) is 5.91 Å². The van der Waals surface area contributed by atoms with E-state index in [0.717, 1.165) is 10.1 Å². The minimum absolute atomic E-state index is 0.0530. The van der Waals surface area contributed by atoms with Crippen molar-refractivity contribution in [1.29, 1.82) is 0 Å². The van der Waals surface area contributed by atoms with Gasteiger partial charge < -0.3 is 9.64 Å². The molecule has 1 fully saturated rings. The highest BCUT2D eigenvalue weighted by Crippen LogP contribution is 2.36. The number of alkyl halides is 3. The lowest BCUT2D eigenvalue weighted by atomic mass is 10.1. The Kier molecular flexibility index (Phi) is 5.34. The fourth-order valence-electron chi connectivity index (χ4n) is 3.75. The molecule has 0 saturated carbocycles. The van der Waals surface area contributed by atoms with Crippen LogP contribution in [-0.4, -0.2) is 51.5 Å². The molecule has 1 aliphatic rings. The molecule has 1 aromatic carbocycles. The number of pyridine rings is 1. The van der Waals surface area contributed by atoms with Crippen molar-refractivity contribution in [2.75, 3.05) is 26.3 Å². The summed E-state index contributed by atoms with van der Waals surface area (Å²) in [5, 5.41) is 4.11. The molecular weight excluding hydrogens is 413 g/mol. The van der Waals surface area contributed by atoms with Gasteiger partial charge in [0.25, 0.3) is 5.56 Å². The molecule has 0 unspecified atom stereocenters. The highest BCUT2D eigenvalue weighted by atomic mass is 19.4. The van der Waals surface area contributed by atoms with E-state index in [2.05, 4.69) is 5.10 Å². The zero-order valence-corrected chi connectivity index (χ0v) is 17.1. The molecule has 3 heterocycles. The first kappa shape index (κ1) is 21.1. The van der Waals surface area contributed by atoms with Crippen molar-refractivity contribution in [2.45, 2.75) is 26.6 Å². The van der Waals surface area contributed by atoms with Gasteiger partial charge in [-0.25, -0.2) is 4.68 Å². The van der Waals surface area contributed by atoms with Gasteiger partial charge in [0, 0.05) is 19.2 Å². The molecular formula is C21H21F3N4O3. The van der Waals surface area contributed by atoms with Gasteiger partial charge in [-0.1, -0.05) is 17.7 Å². The molecule has 0 aliphatic carbocycles. The second-order valence-corrected chi connectivity index (χ2v) is 7.50. The zero-order chi connectivity index (χ0) is 22.3. The van der Waals surface area contributed by atoms with Crippen LogP contribution in [0.2, 0.25) is 0 Å². The van der Waals surface area contributed by atoms with Crippen LogP contribution in [0.3, 0.4) is 0 Å². The molecule has 0 atom stereocenters. The Morgan fingerprint density at radius 3 is 2.39 bits per heavy atom. The van der Waals surface area contributed by atoms with E-state index in [4.69, 9.17) is 4.74 Å². The second kappa shape index (κ2) is 7.84. The van der Waals surface area contributed by atoms with E-state index in [-0.39, 0.29) is 29.2 Å². The Bertz CT molecular complexity index is 1190. The molecule has 10 heteroatoms. The number of benzene rings is 1. The number of carbonyl (C=O) groups excluding carboxylic acids is 1. The minimum atomic E-state index is -4.74. The highest BCUT2D eigenvalue weighted by Gasteiger charge is 2.36. The van der Waals surface area contributed by atoms with Gasteiger partial charge in [0.15, 0.2) is 0 Å². The summed E-state index contributed by atoms with van der Waals surface area (Å²) >= 11 is 0. The molecule has 1 aliphatic heterocycles. The van der Waals surface area contributed by atoms with Crippen molar-refractivity contribution in [3.63, 3.8) is 0 Å². The quantitative estimate of drug-likeness (QED) is 0.636. The first-order valence-corrected chi connectivity index (χ1v) is 9.80. The molecule has 7 nitrogen and oxygen atoms in total. The number of morpholine rings is 1. The minimum Gasteiger partial charge on any atom is -0.378 e. The molecule has 31 heavy (non-hydrogen) atoms. The third kappa shape index (κ3) is 3.95. The summed E-state index contributed by atoms with van der Waals surface area (Å²) in [4.78, 5) is 27.1. The summed E-state index contributed by atoms with van der Waals surface area (Å²) in [5.74, 6) is -0.360. The van der Waals surface area contributed by atoms with Crippen molar-refractivity contribution in [3.05, 3.63) is 57.5 Å². The number of aromatic nitrogens is 3. The van der Waals surface area contributed by atoms with Crippen LogP contribution in [0.15, 0.2) is 35.1 Å². The molecule has 0 radical (unpaired) electrons. The van der Waals surface area contributed by atoms with Gasteiger partial charge in [-0.3, -0.25) is 14.2 Å². The van der Waals surface area contributed by atoms with Crippen LogP contribution < -0.4 is 5.56 Å². The third-order valence-electron chi connectivity index (χ3n) is 5.34. The number of hydrogen-bond donors (Lipinski definition) is 0. The van der Waals surface area contributed by atoms with Crippen molar-refractivity contribution < 1.29 is 22.7 Å². The fourth-order valence-corrected chi connectivity index (χ4v) is 3.75. The second-order valence-electron chi connectivity index (χ2n) is 7.50. The van der Waals surface area contributed by atoms with Gasteiger partial charge in [0.1, 0.15) is 12.2 Å². The van der Waals surface area contributed by atoms with Crippen LogP contribution >= 0.6 is 0 Å². The van der Waals surface area contributed by atoms with Crippen molar-refractivity contribution in [3.8, 4) is 5.69 Å². The predicted molar refractivity (Wildman–Crippen MR) is 107 cm³/mol. The van der Waals surface area contributed by atoms with E-state index in [0.29, 0.717) is 38.1 Å². The molecule has 0 bridgehead atoms. The number of ether oxygens (including phenoxy) is 1. The number of rotatable bonds is 3. The Labute approximate surface area is 175 Å². The standard InChI is InChI=1S/C21H21F3N4O3/c1-13-3-5-15(6-4-13)28-20-19(14(2)25-28)16(21(22,23)24)11-17(29)27(20)12-18(30)26-7-9-31-10-8-26/h3-6,11H,7-10,12H2,1-2H3. The maximum atomic E-state index is 13.8.